The molecule has 2 aromatic carbocycles. The van der Waals surface area contributed by atoms with Crippen molar-refractivity contribution < 1.29 is 23.5 Å². The van der Waals surface area contributed by atoms with Crippen molar-refractivity contribution in [1.82, 2.24) is 20.1 Å². The van der Waals surface area contributed by atoms with Crippen molar-refractivity contribution in [1.29, 1.82) is 0 Å². The van der Waals surface area contributed by atoms with Gasteiger partial charge in [0.25, 0.3) is 5.91 Å². The number of thioether (sulfide) groups is 1. The minimum absolute atomic E-state index is 0.0414. The molecular formula is C23H24FN5O4S. The predicted octanol–water partition coefficient (Wildman–Crippen LogP) is 3.78. The van der Waals surface area contributed by atoms with E-state index in [0.717, 1.165) is 0 Å². The summed E-state index contributed by atoms with van der Waals surface area (Å²) >= 11 is 1.25. The average Bonchev–Trinajstić information content (AvgIpc) is 3.45. The number of anilines is 1. The fraction of sp³-hybridized carbons (Fsp3) is 0.304. The van der Waals surface area contributed by atoms with Gasteiger partial charge in [0.15, 0.2) is 22.5 Å². The molecule has 3 aromatic rings. The third-order valence-corrected chi connectivity index (χ3v) is 6.29. The van der Waals surface area contributed by atoms with Crippen molar-refractivity contribution in [2.45, 2.75) is 43.8 Å². The Morgan fingerprint density at radius 1 is 1.15 bits per heavy atom. The van der Waals surface area contributed by atoms with Gasteiger partial charge in [-0.1, -0.05) is 23.9 Å². The zero-order chi connectivity index (χ0) is 24.2. The molecule has 9 nitrogen and oxygen atoms in total. The fourth-order valence-electron chi connectivity index (χ4n) is 3.42. The number of rotatable bonds is 8. The van der Waals surface area contributed by atoms with E-state index < -0.39 is 23.0 Å². The van der Waals surface area contributed by atoms with E-state index in [1.54, 1.807) is 38.1 Å². The van der Waals surface area contributed by atoms with Crippen LogP contribution in [0.5, 0.6) is 11.5 Å². The molecule has 11 heteroatoms. The molecule has 1 aliphatic heterocycles. The lowest BCUT2D eigenvalue weighted by molar-refractivity contribution is -0.115. The summed E-state index contributed by atoms with van der Waals surface area (Å²) in [4.78, 5) is 25.2. The molecule has 1 aliphatic rings. The first-order chi connectivity index (χ1) is 16.4. The number of ether oxygens (including phenoxy) is 2. The number of aromatic nitrogens is 3. The van der Waals surface area contributed by atoms with Gasteiger partial charge in [-0.3, -0.25) is 9.59 Å². The minimum atomic E-state index is -0.595. The zero-order valence-electron chi connectivity index (χ0n) is 18.9. The van der Waals surface area contributed by atoms with Gasteiger partial charge in [0, 0.05) is 18.3 Å². The molecule has 2 amide bonds. The van der Waals surface area contributed by atoms with Crippen molar-refractivity contribution in [2.75, 3.05) is 12.1 Å². The number of nitrogens with one attached hydrogen (secondary N) is 2. The number of hydrogen-bond donors (Lipinski definition) is 2. The number of hydrogen-bond acceptors (Lipinski definition) is 7. The molecule has 2 N–H and O–H groups in total. The van der Waals surface area contributed by atoms with Crippen molar-refractivity contribution in [3.05, 3.63) is 59.7 Å². The Morgan fingerprint density at radius 3 is 2.68 bits per heavy atom. The van der Waals surface area contributed by atoms with Crippen LogP contribution in [0, 0.1) is 5.82 Å². The van der Waals surface area contributed by atoms with Crippen molar-refractivity contribution in [3.63, 3.8) is 0 Å². The maximum atomic E-state index is 13.9. The quantitative estimate of drug-likeness (QED) is 0.468. The summed E-state index contributed by atoms with van der Waals surface area (Å²) in [5.74, 6) is 0.389. The first-order valence-corrected chi connectivity index (χ1v) is 11.6. The molecule has 0 saturated heterocycles. The lowest BCUT2D eigenvalue weighted by Gasteiger charge is -2.16. The first-order valence-electron chi connectivity index (χ1n) is 10.7. The summed E-state index contributed by atoms with van der Waals surface area (Å²) < 4.78 is 26.4. The zero-order valence-corrected chi connectivity index (χ0v) is 19.7. The monoisotopic (exact) mass is 485 g/mol. The van der Waals surface area contributed by atoms with E-state index in [4.69, 9.17) is 9.47 Å². The second-order valence-electron chi connectivity index (χ2n) is 7.58. The summed E-state index contributed by atoms with van der Waals surface area (Å²) in [7, 11) is 0. The Bertz CT molecular complexity index is 1220. The number of nitrogens with zero attached hydrogens (tertiary/aromatic N) is 3. The van der Waals surface area contributed by atoms with Crippen LogP contribution in [0.3, 0.4) is 0 Å². The van der Waals surface area contributed by atoms with Crippen LogP contribution in [-0.4, -0.2) is 38.6 Å². The molecule has 1 aromatic heterocycles. The minimum Gasteiger partial charge on any atom is -0.454 e. The molecule has 4 rings (SSSR count). The third kappa shape index (κ3) is 4.98. The van der Waals surface area contributed by atoms with Crippen LogP contribution in [0.2, 0.25) is 0 Å². The molecule has 178 valence electrons. The Labute approximate surface area is 200 Å². The Morgan fingerprint density at radius 2 is 1.91 bits per heavy atom. The highest BCUT2D eigenvalue weighted by molar-refractivity contribution is 8.00. The number of fused-ring (bicyclic) bond motifs is 1. The summed E-state index contributed by atoms with van der Waals surface area (Å²) in [6.07, 6.45) is 0. The number of benzene rings is 2. The van der Waals surface area contributed by atoms with E-state index in [1.165, 1.54) is 30.0 Å². The fourth-order valence-corrected chi connectivity index (χ4v) is 4.34. The van der Waals surface area contributed by atoms with Gasteiger partial charge >= 0.3 is 0 Å². The van der Waals surface area contributed by atoms with E-state index in [2.05, 4.69) is 20.8 Å². The second kappa shape index (κ2) is 10.1. The van der Waals surface area contributed by atoms with Crippen LogP contribution in [0.4, 0.5) is 10.1 Å². The molecule has 0 fully saturated rings. The molecule has 0 bridgehead atoms. The van der Waals surface area contributed by atoms with Crippen LogP contribution in [0.1, 0.15) is 43.0 Å². The number of amides is 2. The van der Waals surface area contributed by atoms with Gasteiger partial charge < -0.3 is 24.7 Å². The topological polar surface area (TPSA) is 107 Å². The van der Waals surface area contributed by atoms with Crippen molar-refractivity contribution in [2.24, 2.45) is 0 Å². The van der Waals surface area contributed by atoms with Gasteiger partial charge in [0.1, 0.15) is 5.82 Å². The summed E-state index contributed by atoms with van der Waals surface area (Å²) in [5.41, 5.74) is 0.559. The lowest BCUT2D eigenvalue weighted by atomic mass is 10.2. The normalized spacial score (nSPS) is 13.9. The molecular weight excluding hydrogens is 461 g/mol. The summed E-state index contributed by atoms with van der Waals surface area (Å²) in [6.45, 7) is 6.12. The van der Waals surface area contributed by atoms with E-state index in [-0.39, 0.29) is 18.3 Å². The van der Waals surface area contributed by atoms with Crippen LogP contribution in [0.25, 0.3) is 0 Å². The van der Waals surface area contributed by atoms with Gasteiger partial charge in [0.05, 0.1) is 16.9 Å². The standard InChI is InChI=1S/C23H24FN5O4S/c1-4-29-20(13(2)25-22(31)16-7-5-6-8-17(16)24)27-28-23(29)34-14(3)21(30)26-15-9-10-18-19(11-15)33-12-32-18/h5-11,13-14H,4,12H2,1-3H3,(H,25,31)(H,26,30). The third-order valence-electron chi connectivity index (χ3n) is 5.21. The molecule has 2 atom stereocenters. The number of carbonyl (C=O) groups excluding carboxylic acids is 2. The Hall–Kier alpha value is -3.60. The van der Waals surface area contributed by atoms with Crippen LogP contribution in [0.15, 0.2) is 47.6 Å². The van der Waals surface area contributed by atoms with E-state index in [1.807, 2.05) is 11.5 Å². The molecule has 0 saturated carbocycles. The molecule has 34 heavy (non-hydrogen) atoms. The van der Waals surface area contributed by atoms with Gasteiger partial charge in [-0.15, -0.1) is 10.2 Å². The maximum Gasteiger partial charge on any atom is 0.254 e. The van der Waals surface area contributed by atoms with Gasteiger partial charge in [-0.05, 0) is 45.0 Å². The maximum absolute atomic E-state index is 13.9. The molecule has 0 spiro atoms. The van der Waals surface area contributed by atoms with Crippen LogP contribution >= 0.6 is 11.8 Å². The highest BCUT2D eigenvalue weighted by Crippen LogP contribution is 2.34. The van der Waals surface area contributed by atoms with E-state index >= 15 is 0 Å². The van der Waals surface area contributed by atoms with Crippen molar-refractivity contribution >= 4 is 29.3 Å². The highest BCUT2D eigenvalue weighted by Gasteiger charge is 2.24. The second-order valence-corrected chi connectivity index (χ2v) is 8.89. The molecule has 0 radical (unpaired) electrons. The predicted molar refractivity (Wildman–Crippen MR) is 124 cm³/mol. The SMILES string of the molecule is CCn1c(SC(C)C(=O)Nc2ccc3c(c2)OCO3)nnc1C(C)NC(=O)c1ccccc1F. The van der Waals surface area contributed by atoms with E-state index in [9.17, 15) is 14.0 Å². The summed E-state index contributed by atoms with van der Waals surface area (Å²) in [5, 5.41) is 14.1. The number of halogens is 1. The van der Waals surface area contributed by atoms with Gasteiger partial charge in [-0.2, -0.15) is 0 Å². The molecule has 2 heterocycles. The number of carbonyl (C=O) groups is 2. The Kier molecular flexibility index (Phi) is 7.01. The van der Waals surface area contributed by atoms with Gasteiger partial charge in [-0.25, -0.2) is 4.39 Å². The van der Waals surface area contributed by atoms with Crippen LogP contribution in [-0.2, 0) is 11.3 Å². The molecule has 0 aliphatic carbocycles. The Balaban J connectivity index is 1.41. The average molecular weight is 486 g/mol. The first kappa shape index (κ1) is 23.6. The lowest BCUT2D eigenvalue weighted by Crippen LogP contribution is -2.29. The largest absolute Gasteiger partial charge is 0.454 e. The summed E-state index contributed by atoms with van der Waals surface area (Å²) in [6, 6.07) is 10.5. The van der Waals surface area contributed by atoms with E-state index in [0.29, 0.717) is 34.7 Å². The molecule has 2 unspecified atom stereocenters. The van der Waals surface area contributed by atoms with Crippen LogP contribution < -0.4 is 20.1 Å². The highest BCUT2D eigenvalue weighted by atomic mass is 32.2. The smallest absolute Gasteiger partial charge is 0.254 e. The van der Waals surface area contributed by atoms with Gasteiger partial charge in [0.2, 0.25) is 12.7 Å². The van der Waals surface area contributed by atoms with Crippen molar-refractivity contribution in [3.8, 4) is 11.5 Å².